The van der Waals surface area contributed by atoms with Crippen molar-refractivity contribution in [2.45, 2.75) is 26.6 Å². The van der Waals surface area contributed by atoms with Crippen LogP contribution in [0.5, 0.6) is 0 Å². The summed E-state index contributed by atoms with van der Waals surface area (Å²) in [6.45, 7) is 3.96. The lowest BCUT2D eigenvalue weighted by atomic mass is 10.4. The first kappa shape index (κ1) is 10.5. The fourth-order valence-electron chi connectivity index (χ4n) is 2.31. The Balaban J connectivity index is 2.10. The van der Waals surface area contributed by atoms with E-state index in [0.717, 1.165) is 29.5 Å². The van der Waals surface area contributed by atoms with E-state index in [0.29, 0.717) is 13.1 Å². The van der Waals surface area contributed by atoms with Gasteiger partial charge in [0, 0.05) is 19.8 Å². The third-order valence-electron chi connectivity index (χ3n) is 3.08. The van der Waals surface area contributed by atoms with Gasteiger partial charge in [-0.25, -0.2) is 4.98 Å². The van der Waals surface area contributed by atoms with Gasteiger partial charge in [0.1, 0.15) is 5.69 Å². The number of hydrogen-bond acceptors (Lipinski definition) is 4. The molecule has 0 fully saturated rings. The van der Waals surface area contributed by atoms with Crippen LogP contribution in [0.4, 0.5) is 0 Å². The first-order chi connectivity index (χ1) is 8.19. The molecule has 3 heterocycles. The summed E-state index contributed by atoms with van der Waals surface area (Å²) in [5.74, 6) is 0.895. The van der Waals surface area contributed by atoms with Gasteiger partial charge in [0.2, 0.25) is 0 Å². The van der Waals surface area contributed by atoms with Crippen molar-refractivity contribution in [3.05, 3.63) is 23.7 Å². The van der Waals surface area contributed by atoms with Gasteiger partial charge in [-0.05, 0) is 13.0 Å². The maximum absolute atomic E-state index is 9.49. The van der Waals surface area contributed by atoms with E-state index in [-0.39, 0.29) is 0 Å². The van der Waals surface area contributed by atoms with E-state index in [9.17, 15) is 5.21 Å². The molecule has 1 N–H and O–H groups in total. The zero-order valence-electron chi connectivity index (χ0n) is 9.96. The van der Waals surface area contributed by atoms with Crippen LogP contribution in [0.1, 0.15) is 18.3 Å². The summed E-state index contributed by atoms with van der Waals surface area (Å²) < 4.78 is 3.89. The van der Waals surface area contributed by atoms with Crippen LogP contribution in [-0.2, 0) is 26.7 Å². The van der Waals surface area contributed by atoms with Crippen molar-refractivity contribution in [3.8, 4) is 11.5 Å². The van der Waals surface area contributed by atoms with Crippen molar-refractivity contribution in [1.82, 2.24) is 24.4 Å². The van der Waals surface area contributed by atoms with E-state index in [2.05, 4.69) is 21.6 Å². The predicted molar refractivity (Wildman–Crippen MR) is 61.1 cm³/mol. The lowest BCUT2D eigenvalue weighted by Gasteiger charge is -2.08. The Kier molecular flexibility index (Phi) is 2.27. The lowest BCUT2D eigenvalue weighted by Crippen LogP contribution is -2.13. The minimum Gasteiger partial charge on any atom is -0.325 e. The lowest BCUT2D eigenvalue weighted by molar-refractivity contribution is -0.0985. The maximum atomic E-state index is 9.49. The number of nitrogens with zero attached hydrogens (tertiary/aromatic N) is 5. The molecule has 0 atom stereocenters. The standard InChI is InChI=1S/C11H15N5O/c1-3-16-10-7-15(17)6-9(10)12-11(16)8-4-5-14(2)13-8/h4-5,17H,3,6-7H2,1-2H3. The number of imidazole rings is 1. The van der Waals surface area contributed by atoms with Crippen molar-refractivity contribution < 1.29 is 5.21 Å². The van der Waals surface area contributed by atoms with Crippen molar-refractivity contribution >= 4 is 0 Å². The van der Waals surface area contributed by atoms with E-state index >= 15 is 0 Å². The molecule has 6 heteroatoms. The summed E-state index contributed by atoms with van der Waals surface area (Å²) in [6.07, 6.45) is 1.91. The minimum atomic E-state index is 0.502. The average molecular weight is 233 g/mol. The van der Waals surface area contributed by atoms with E-state index in [1.807, 2.05) is 19.3 Å². The molecule has 0 aliphatic carbocycles. The minimum absolute atomic E-state index is 0.502. The highest BCUT2D eigenvalue weighted by Gasteiger charge is 2.26. The first-order valence-corrected chi connectivity index (χ1v) is 5.71. The van der Waals surface area contributed by atoms with Crippen LogP contribution in [0.3, 0.4) is 0 Å². The first-order valence-electron chi connectivity index (χ1n) is 5.71. The highest BCUT2D eigenvalue weighted by molar-refractivity contribution is 5.51. The summed E-state index contributed by atoms with van der Waals surface area (Å²) >= 11 is 0. The Labute approximate surface area is 99.1 Å². The zero-order valence-corrected chi connectivity index (χ0v) is 9.96. The molecule has 0 saturated carbocycles. The second-order valence-corrected chi connectivity index (χ2v) is 4.27. The fourth-order valence-corrected chi connectivity index (χ4v) is 2.31. The fraction of sp³-hybridized carbons (Fsp3) is 0.455. The third kappa shape index (κ3) is 1.57. The largest absolute Gasteiger partial charge is 0.325 e. The molecule has 90 valence electrons. The van der Waals surface area contributed by atoms with Crippen molar-refractivity contribution in [3.63, 3.8) is 0 Å². The van der Waals surface area contributed by atoms with Crippen molar-refractivity contribution in [2.24, 2.45) is 7.05 Å². The van der Waals surface area contributed by atoms with Crippen LogP contribution >= 0.6 is 0 Å². The molecule has 17 heavy (non-hydrogen) atoms. The Morgan fingerprint density at radius 1 is 1.41 bits per heavy atom. The summed E-state index contributed by atoms with van der Waals surface area (Å²) in [5.41, 5.74) is 2.93. The number of hydroxylamine groups is 2. The van der Waals surface area contributed by atoms with E-state index < -0.39 is 0 Å². The molecule has 0 spiro atoms. The molecular weight excluding hydrogens is 218 g/mol. The van der Waals surface area contributed by atoms with Crippen LogP contribution in [0.15, 0.2) is 12.3 Å². The average Bonchev–Trinajstić information content (AvgIpc) is 2.91. The SMILES string of the molecule is CCn1c(-c2ccn(C)n2)nc2c1CN(O)C2. The molecule has 0 unspecified atom stereocenters. The van der Waals surface area contributed by atoms with Crippen LogP contribution in [-0.4, -0.2) is 29.6 Å². The summed E-state index contributed by atoms with van der Waals surface area (Å²) in [4.78, 5) is 4.58. The van der Waals surface area contributed by atoms with E-state index in [4.69, 9.17) is 0 Å². The van der Waals surface area contributed by atoms with Gasteiger partial charge in [-0.1, -0.05) is 0 Å². The van der Waals surface area contributed by atoms with Crippen LogP contribution in [0.25, 0.3) is 11.5 Å². The van der Waals surface area contributed by atoms with Gasteiger partial charge >= 0.3 is 0 Å². The Morgan fingerprint density at radius 3 is 2.88 bits per heavy atom. The highest BCUT2D eigenvalue weighted by atomic mass is 16.5. The molecule has 2 aromatic heterocycles. The zero-order chi connectivity index (χ0) is 12.0. The van der Waals surface area contributed by atoms with Gasteiger partial charge in [0.15, 0.2) is 5.82 Å². The molecule has 0 radical (unpaired) electrons. The second-order valence-electron chi connectivity index (χ2n) is 4.27. The molecule has 2 aromatic rings. The second kappa shape index (κ2) is 3.68. The molecule has 0 aromatic carbocycles. The number of fused-ring (bicyclic) bond motifs is 1. The van der Waals surface area contributed by atoms with Gasteiger partial charge in [0.05, 0.1) is 24.5 Å². The van der Waals surface area contributed by atoms with Gasteiger partial charge in [0.25, 0.3) is 0 Å². The Hall–Kier alpha value is -1.66. The Bertz CT molecular complexity index is 556. The Morgan fingerprint density at radius 2 is 2.24 bits per heavy atom. The predicted octanol–water partition coefficient (Wildman–Crippen LogP) is 1.01. The van der Waals surface area contributed by atoms with Gasteiger partial charge < -0.3 is 9.77 Å². The number of aromatic nitrogens is 4. The van der Waals surface area contributed by atoms with E-state index in [1.54, 1.807) is 4.68 Å². The normalized spacial score (nSPS) is 15.5. The monoisotopic (exact) mass is 233 g/mol. The van der Waals surface area contributed by atoms with Gasteiger partial charge in [-0.15, -0.1) is 0 Å². The molecule has 0 amide bonds. The van der Waals surface area contributed by atoms with Crippen molar-refractivity contribution in [2.75, 3.05) is 0 Å². The summed E-state index contributed by atoms with van der Waals surface area (Å²) in [5, 5.41) is 15.1. The topological polar surface area (TPSA) is 59.1 Å². The highest BCUT2D eigenvalue weighted by Crippen LogP contribution is 2.27. The van der Waals surface area contributed by atoms with E-state index in [1.165, 1.54) is 5.06 Å². The smallest absolute Gasteiger partial charge is 0.161 e. The van der Waals surface area contributed by atoms with Crippen LogP contribution in [0.2, 0.25) is 0 Å². The molecule has 0 saturated heterocycles. The number of rotatable bonds is 2. The molecule has 6 nitrogen and oxygen atoms in total. The summed E-state index contributed by atoms with van der Waals surface area (Å²) in [7, 11) is 1.89. The van der Waals surface area contributed by atoms with Crippen molar-refractivity contribution in [1.29, 1.82) is 0 Å². The van der Waals surface area contributed by atoms with Gasteiger partial charge in [-0.3, -0.25) is 4.68 Å². The molecular formula is C11H15N5O. The molecule has 3 rings (SSSR count). The van der Waals surface area contributed by atoms with Gasteiger partial charge in [-0.2, -0.15) is 10.2 Å². The van der Waals surface area contributed by atoms with Crippen LogP contribution in [0, 0.1) is 0 Å². The molecule has 1 aliphatic rings. The molecule has 1 aliphatic heterocycles. The van der Waals surface area contributed by atoms with Crippen LogP contribution < -0.4 is 0 Å². The third-order valence-corrected chi connectivity index (χ3v) is 3.08. The number of aryl methyl sites for hydroxylation is 1. The molecule has 0 bridgehead atoms. The maximum Gasteiger partial charge on any atom is 0.161 e. The summed E-state index contributed by atoms with van der Waals surface area (Å²) in [6, 6.07) is 1.96. The number of hydrogen-bond donors (Lipinski definition) is 1. The quantitative estimate of drug-likeness (QED) is 0.841.